The Bertz CT molecular complexity index is 1220. The summed E-state index contributed by atoms with van der Waals surface area (Å²) in [7, 11) is 6.12. The molecule has 3 aromatic rings. The molecule has 0 fully saturated rings. The Balaban J connectivity index is 1.89. The molecule has 7 N–H and O–H groups in total. The van der Waals surface area contributed by atoms with Crippen molar-refractivity contribution in [1.82, 2.24) is 10.5 Å². The monoisotopic (exact) mass is 512 g/mol. The first-order valence-electron chi connectivity index (χ1n) is 11.4. The van der Waals surface area contributed by atoms with Crippen LogP contribution in [0.1, 0.15) is 12.8 Å². The van der Waals surface area contributed by atoms with Crippen LogP contribution in [0.2, 0.25) is 0 Å². The summed E-state index contributed by atoms with van der Waals surface area (Å²) in [6, 6.07) is 8.11. The second-order valence-electron chi connectivity index (χ2n) is 7.98. The maximum Gasteiger partial charge on any atom is 0.241 e. The molecule has 198 valence electrons. The molecule has 0 spiro atoms. The van der Waals surface area contributed by atoms with E-state index in [1.807, 2.05) is 6.07 Å². The number of hydrogen-bond donors (Lipinski definition) is 5. The van der Waals surface area contributed by atoms with Gasteiger partial charge in [0.05, 0.1) is 40.2 Å². The van der Waals surface area contributed by atoms with Gasteiger partial charge in [-0.2, -0.15) is 0 Å². The van der Waals surface area contributed by atoms with Gasteiger partial charge >= 0.3 is 0 Å². The molecule has 0 bridgehead atoms. The molecule has 0 aliphatic heterocycles. The van der Waals surface area contributed by atoms with Crippen LogP contribution in [0.15, 0.2) is 41.1 Å². The summed E-state index contributed by atoms with van der Waals surface area (Å²) in [6.45, 7) is 0.451. The Labute approximate surface area is 214 Å². The lowest BCUT2D eigenvalue weighted by Crippen LogP contribution is -2.37. The summed E-state index contributed by atoms with van der Waals surface area (Å²) in [5.41, 5.74) is 14.4. The molecule has 0 aliphatic carbocycles. The Morgan fingerprint density at radius 1 is 1.03 bits per heavy atom. The van der Waals surface area contributed by atoms with Crippen LogP contribution in [0.25, 0.3) is 22.4 Å². The number of anilines is 1. The summed E-state index contributed by atoms with van der Waals surface area (Å²) in [5, 5.41) is 16.9. The topological polar surface area (TPSA) is 180 Å². The third-order valence-electron chi connectivity index (χ3n) is 5.62. The number of nitrogens with one attached hydrogen (secondary N) is 3. The third kappa shape index (κ3) is 6.41. The van der Waals surface area contributed by atoms with Crippen molar-refractivity contribution in [2.24, 2.45) is 11.5 Å². The van der Waals surface area contributed by atoms with Crippen molar-refractivity contribution in [2.45, 2.75) is 18.9 Å². The predicted molar refractivity (Wildman–Crippen MR) is 139 cm³/mol. The smallest absolute Gasteiger partial charge is 0.241 e. The van der Waals surface area contributed by atoms with Crippen LogP contribution in [0.4, 0.5) is 5.69 Å². The first-order valence-corrected chi connectivity index (χ1v) is 11.4. The van der Waals surface area contributed by atoms with Crippen molar-refractivity contribution in [3.63, 3.8) is 0 Å². The van der Waals surface area contributed by atoms with Crippen molar-refractivity contribution < 1.29 is 28.3 Å². The molecular weight excluding hydrogens is 480 g/mol. The second-order valence-corrected chi connectivity index (χ2v) is 7.98. The molecule has 0 saturated carbocycles. The number of methoxy groups -OCH3 is 4. The van der Waals surface area contributed by atoms with E-state index in [4.69, 9.17) is 40.3 Å². The first kappa shape index (κ1) is 27.1. The molecule has 2 aromatic carbocycles. The zero-order valence-corrected chi connectivity index (χ0v) is 21.2. The molecule has 3 rings (SSSR count). The van der Waals surface area contributed by atoms with E-state index in [1.54, 1.807) is 24.3 Å². The van der Waals surface area contributed by atoms with E-state index in [2.05, 4.69) is 15.8 Å². The molecule has 0 saturated heterocycles. The number of guanidine groups is 1. The number of amides is 1. The highest BCUT2D eigenvalue weighted by Crippen LogP contribution is 2.43. The fourth-order valence-electron chi connectivity index (χ4n) is 3.74. The normalized spacial score (nSPS) is 11.4. The van der Waals surface area contributed by atoms with Gasteiger partial charge in [0.25, 0.3) is 0 Å². The van der Waals surface area contributed by atoms with Crippen molar-refractivity contribution >= 4 is 17.6 Å². The predicted octanol–water partition coefficient (Wildman–Crippen LogP) is 2.57. The number of hydrogen-bond acceptors (Lipinski definition) is 9. The van der Waals surface area contributed by atoms with Gasteiger partial charge < -0.3 is 45.6 Å². The zero-order chi connectivity index (χ0) is 26.9. The van der Waals surface area contributed by atoms with Gasteiger partial charge in [-0.05, 0) is 42.7 Å². The fourth-order valence-corrected chi connectivity index (χ4v) is 3.74. The molecule has 1 amide bonds. The molecular formula is C25H32N6O6. The van der Waals surface area contributed by atoms with Crippen molar-refractivity contribution in [1.29, 1.82) is 5.41 Å². The lowest BCUT2D eigenvalue weighted by atomic mass is 10.00. The maximum atomic E-state index is 12.7. The van der Waals surface area contributed by atoms with Crippen LogP contribution in [0.3, 0.4) is 0 Å². The highest BCUT2D eigenvalue weighted by molar-refractivity contribution is 5.97. The van der Waals surface area contributed by atoms with Gasteiger partial charge in [-0.3, -0.25) is 10.2 Å². The molecule has 1 heterocycles. The van der Waals surface area contributed by atoms with Gasteiger partial charge in [0.1, 0.15) is 17.7 Å². The molecule has 1 atom stereocenters. The van der Waals surface area contributed by atoms with Gasteiger partial charge in [0.15, 0.2) is 17.5 Å². The number of nitrogens with two attached hydrogens (primary N) is 2. The molecule has 12 nitrogen and oxygen atoms in total. The summed E-state index contributed by atoms with van der Waals surface area (Å²) in [4.78, 5) is 12.7. The molecule has 12 heteroatoms. The van der Waals surface area contributed by atoms with Crippen LogP contribution < -0.4 is 41.0 Å². The van der Waals surface area contributed by atoms with E-state index in [0.29, 0.717) is 64.9 Å². The van der Waals surface area contributed by atoms with E-state index in [0.717, 1.165) is 5.56 Å². The van der Waals surface area contributed by atoms with Crippen LogP contribution in [-0.4, -0.2) is 58.0 Å². The molecule has 1 unspecified atom stereocenters. The Morgan fingerprint density at radius 2 is 1.70 bits per heavy atom. The fraction of sp³-hybridized carbons (Fsp3) is 0.320. The second kappa shape index (κ2) is 12.5. The van der Waals surface area contributed by atoms with Crippen LogP contribution >= 0.6 is 0 Å². The quantitative estimate of drug-likeness (QED) is 0.137. The molecule has 0 radical (unpaired) electrons. The molecule has 0 aliphatic rings. The van der Waals surface area contributed by atoms with Crippen molar-refractivity contribution in [3.8, 4) is 45.4 Å². The maximum absolute atomic E-state index is 12.7. The zero-order valence-electron chi connectivity index (χ0n) is 21.2. The standard InChI is InChI=1S/C25H32N6O6/c1-33-19-8-7-14(10-18(19)30-24(32)17(26)6-5-9-29-25(27)28)16-13-37-31-22(16)15-11-20(34-2)23(36-4)21(12-15)35-3/h7-8,10-13,17H,5-6,9,26H2,1-4H3,(H,30,32)(H4,27,28,29). The first-order chi connectivity index (χ1) is 17.8. The SMILES string of the molecule is COc1ccc(-c2conc2-c2cc(OC)c(OC)c(OC)c2)cc1NC(=O)C(N)CCCNC(=N)N. The Hall–Kier alpha value is -4.45. The van der Waals surface area contributed by atoms with E-state index in [-0.39, 0.29) is 11.9 Å². The van der Waals surface area contributed by atoms with Crippen molar-refractivity contribution in [3.05, 3.63) is 36.6 Å². The highest BCUT2D eigenvalue weighted by Gasteiger charge is 2.21. The van der Waals surface area contributed by atoms with Gasteiger partial charge in [0, 0.05) is 17.7 Å². The van der Waals surface area contributed by atoms with E-state index >= 15 is 0 Å². The number of carbonyl (C=O) groups is 1. The number of rotatable bonds is 12. The van der Waals surface area contributed by atoms with Gasteiger partial charge in [0.2, 0.25) is 11.7 Å². The van der Waals surface area contributed by atoms with E-state index in [1.165, 1.54) is 34.7 Å². The van der Waals surface area contributed by atoms with Gasteiger partial charge in [-0.25, -0.2) is 0 Å². The summed E-state index contributed by atoms with van der Waals surface area (Å²) in [6.07, 6.45) is 2.49. The third-order valence-corrected chi connectivity index (χ3v) is 5.62. The largest absolute Gasteiger partial charge is 0.495 e. The summed E-state index contributed by atoms with van der Waals surface area (Å²) < 4.78 is 27.1. The number of aromatic nitrogens is 1. The lowest BCUT2D eigenvalue weighted by molar-refractivity contribution is -0.117. The average Bonchev–Trinajstić information content (AvgIpc) is 3.40. The Kier molecular flexibility index (Phi) is 9.16. The minimum Gasteiger partial charge on any atom is -0.495 e. The van der Waals surface area contributed by atoms with E-state index in [9.17, 15) is 4.79 Å². The Morgan fingerprint density at radius 3 is 2.30 bits per heavy atom. The number of benzene rings is 2. The van der Waals surface area contributed by atoms with Crippen LogP contribution in [0.5, 0.6) is 23.0 Å². The highest BCUT2D eigenvalue weighted by atomic mass is 16.5. The van der Waals surface area contributed by atoms with E-state index < -0.39 is 6.04 Å². The average molecular weight is 513 g/mol. The van der Waals surface area contributed by atoms with Crippen LogP contribution in [0, 0.1) is 5.41 Å². The molecule has 37 heavy (non-hydrogen) atoms. The van der Waals surface area contributed by atoms with Gasteiger partial charge in [-0.1, -0.05) is 11.2 Å². The number of carbonyl (C=O) groups excluding carboxylic acids is 1. The minimum absolute atomic E-state index is 0.126. The van der Waals surface area contributed by atoms with Crippen LogP contribution in [-0.2, 0) is 4.79 Å². The van der Waals surface area contributed by atoms with Crippen molar-refractivity contribution in [2.75, 3.05) is 40.3 Å². The summed E-state index contributed by atoms with van der Waals surface area (Å²) in [5.74, 6) is 1.38. The molecule has 1 aromatic heterocycles. The minimum atomic E-state index is -0.757. The lowest BCUT2D eigenvalue weighted by Gasteiger charge is -2.16. The summed E-state index contributed by atoms with van der Waals surface area (Å²) >= 11 is 0. The number of nitrogens with zero attached hydrogens (tertiary/aromatic N) is 1. The number of ether oxygens (including phenoxy) is 4. The van der Waals surface area contributed by atoms with Gasteiger partial charge in [-0.15, -0.1) is 0 Å².